The van der Waals surface area contributed by atoms with Crippen LogP contribution in [0.2, 0.25) is 0 Å². The van der Waals surface area contributed by atoms with Crippen molar-refractivity contribution in [1.29, 1.82) is 0 Å². The topological polar surface area (TPSA) is 41.9 Å². The molecule has 1 N–H and O–H groups in total. The Morgan fingerprint density at radius 3 is 2.48 bits per heavy atom. The maximum atomic E-state index is 10.3. The van der Waals surface area contributed by atoms with E-state index in [-0.39, 0.29) is 5.17 Å². The molecule has 2 rings (SSSR count). The second-order valence-electron chi connectivity index (χ2n) is 6.38. The lowest BCUT2D eigenvalue weighted by Gasteiger charge is -2.21. The first-order chi connectivity index (χ1) is 11.8. The van der Waals surface area contributed by atoms with Gasteiger partial charge < -0.3 is 9.47 Å². The van der Waals surface area contributed by atoms with Gasteiger partial charge in [0.1, 0.15) is 12.4 Å². The monoisotopic (exact) mass is 359 g/mol. The Bertz CT molecular complexity index is 759. The predicted octanol–water partition coefficient (Wildman–Crippen LogP) is 5.13. The quantitative estimate of drug-likeness (QED) is 0.592. The van der Waals surface area contributed by atoms with Crippen molar-refractivity contribution in [2.45, 2.75) is 40.2 Å². The van der Waals surface area contributed by atoms with E-state index >= 15 is 0 Å². The molecule has 2 aromatic carbocycles. The molecular formula is C20H25NO3S. The molecule has 0 saturated carbocycles. The van der Waals surface area contributed by atoms with Gasteiger partial charge in [-0.25, -0.2) is 0 Å². The Kier molecular flexibility index (Phi) is 6.39. The van der Waals surface area contributed by atoms with Crippen molar-refractivity contribution < 1.29 is 14.7 Å². The number of hydroxylamine groups is 1. The van der Waals surface area contributed by atoms with Gasteiger partial charge in [0.15, 0.2) is 0 Å². The maximum absolute atomic E-state index is 10.3. The summed E-state index contributed by atoms with van der Waals surface area (Å²) in [5.74, 6) is 1.20. The zero-order chi connectivity index (χ0) is 18.6. The smallest absolute Gasteiger partial charge is 0.288 e. The van der Waals surface area contributed by atoms with Crippen LogP contribution in [0.3, 0.4) is 0 Å². The van der Waals surface area contributed by atoms with Gasteiger partial charge in [0.25, 0.3) is 5.17 Å². The Hall–Kier alpha value is -2.11. The van der Waals surface area contributed by atoms with E-state index < -0.39 is 0 Å². The van der Waals surface area contributed by atoms with Crippen LogP contribution in [0.5, 0.6) is 5.75 Å². The summed E-state index contributed by atoms with van der Waals surface area (Å²) in [6.45, 7) is 8.65. The van der Waals surface area contributed by atoms with Crippen molar-refractivity contribution in [3.8, 4) is 5.75 Å². The average Bonchev–Trinajstić information content (AvgIpc) is 2.59. The van der Waals surface area contributed by atoms with Gasteiger partial charge in [0.05, 0.1) is 12.8 Å². The summed E-state index contributed by atoms with van der Waals surface area (Å²) in [6, 6.07) is 11.9. The van der Waals surface area contributed by atoms with Crippen molar-refractivity contribution in [1.82, 2.24) is 0 Å². The molecule has 0 unspecified atom stereocenters. The van der Waals surface area contributed by atoms with Crippen LogP contribution in [0.25, 0.3) is 0 Å². The van der Waals surface area contributed by atoms with Gasteiger partial charge in [-0.3, -0.25) is 5.21 Å². The molecule has 0 aliphatic carbocycles. The zero-order valence-corrected chi connectivity index (χ0v) is 16.2. The van der Waals surface area contributed by atoms with Gasteiger partial charge >= 0.3 is 0 Å². The van der Waals surface area contributed by atoms with Gasteiger partial charge in [-0.1, -0.05) is 37.6 Å². The van der Waals surface area contributed by atoms with Crippen LogP contribution in [0.15, 0.2) is 36.4 Å². The number of aryl methyl sites for hydroxylation is 2. The second-order valence-corrected chi connectivity index (χ2v) is 6.73. The number of hydrogen-bond acceptors (Lipinski definition) is 4. The molecule has 0 aliphatic heterocycles. The van der Waals surface area contributed by atoms with Crippen molar-refractivity contribution in [3.63, 3.8) is 0 Å². The number of anilines is 1. The lowest BCUT2D eigenvalue weighted by molar-refractivity contribution is 0.264. The molecule has 0 aliphatic rings. The highest BCUT2D eigenvalue weighted by atomic mass is 32.1. The van der Waals surface area contributed by atoms with Gasteiger partial charge in [0, 0.05) is 5.56 Å². The van der Waals surface area contributed by atoms with Crippen LogP contribution in [0.4, 0.5) is 5.69 Å². The molecule has 0 radical (unpaired) electrons. The third kappa shape index (κ3) is 4.71. The average molecular weight is 359 g/mol. The highest BCUT2D eigenvalue weighted by Crippen LogP contribution is 2.28. The summed E-state index contributed by atoms with van der Waals surface area (Å²) >= 11 is 5.03. The molecule has 0 spiro atoms. The number of hydrogen-bond donors (Lipinski definition) is 1. The normalized spacial score (nSPS) is 10.7. The van der Waals surface area contributed by atoms with Gasteiger partial charge in [-0.2, -0.15) is 5.06 Å². The standard InChI is InChI=1S/C20H25NO3S/c1-13(2)16-7-8-18(21(22)20(25)23-5)17(11-16)12-24-19-9-6-14(3)10-15(19)4/h6-11,13,22H,12H2,1-5H3. The Balaban J connectivity index is 2.32. The minimum atomic E-state index is -0.00920. The fraction of sp³-hybridized carbons (Fsp3) is 0.350. The van der Waals surface area contributed by atoms with Gasteiger partial charge in [-0.05, 0) is 61.3 Å². The third-order valence-corrected chi connectivity index (χ3v) is 4.40. The highest BCUT2D eigenvalue weighted by Gasteiger charge is 2.16. The lowest BCUT2D eigenvalue weighted by atomic mass is 10.00. The first kappa shape index (κ1) is 19.2. The molecule has 4 nitrogen and oxygen atoms in total. The molecule has 0 amide bonds. The van der Waals surface area contributed by atoms with E-state index in [1.807, 2.05) is 37.3 Å². The van der Waals surface area contributed by atoms with Gasteiger partial charge in [0.2, 0.25) is 0 Å². The molecule has 25 heavy (non-hydrogen) atoms. The first-order valence-corrected chi connectivity index (χ1v) is 8.64. The number of ether oxygens (including phenoxy) is 2. The lowest BCUT2D eigenvalue weighted by Crippen LogP contribution is -2.27. The molecule has 0 bridgehead atoms. The zero-order valence-electron chi connectivity index (χ0n) is 15.4. The molecule has 0 saturated heterocycles. The fourth-order valence-electron chi connectivity index (χ4n) is 2.59. The molecule has 134 valence electrons. The first-order valence-electron chi connectivity index (χ1n) is 8.23. The van der Waals surface area contributed by atoms with Crippen molar-refractivity contribution >= 4 is 23.1 Å². The minimum Gasteiger partial charge on any atom is -0.489 e. The van der Waals surface area contributed by atoms with E-state index in [0.717, 1.165) is 21.9 Å². The Labute approximate surface area is 155 Å². The fourth-order valence-corrected chi connectivity index (χ4v) is 2.69. The highest BCUT2D eigenvalue weighted by molar-refractivity contribution is 7.80. The summed E-state index contributed by atoms with van der Waals surface area (Å²) < 4.78 is 11.0. The minimum absolute atomic E-state index is 0.00920. The number of rotatable bonds is 5. The van der Waals surface area contributed by atoms with Crippen molar-refractivity contribution in [2.75, 3.05) is 12.2 Å². The van der Waals surface area contributed by atoms with Crippen molar-refractivity contribution in [2.24, 2.45) is 0 Å². The van der Waals surface area contributed by atoms with Gasteiger partial charge in [-0.15, -0.1) is 0 Å². The number of methoxy groups -OCH3 is 1. The molecule has 0 fully saturated rings. The summed E-state index contributed by atoms with van der Waals surface area (Å²) in [7, 11) is 1.43. The molecule has 0 atom stereocenters. The maximum Gasteiger partial charge on any atom is 0.288 e. The van der Waals surface area contributed by atoms with E-state index in [9.17, 15) is 5.21 Å². The molecule has 0 heterocycles. The number of thiocarbonyl (C=S) groups is 1. The molecule has 5 heteroatoms. The van der Waals surface area contributed by atoms with Crippen LogP contribution in [0, 0.1) is 13.8 Å². The predicted molar refractivity (Wildman–Crippen MR) is 105 cm³/mol. The van der Waals surface area contributed by atoms with E-state index in [1.54, 1.807) is 0 Å². The summed E-state index contributed by atoms with van der Waals surface area (Å²) in [4.78, 5) is 0. The van der Waals surface area contributed by atoms with Crippen LogP contribution >= 0.6 is 12.2 Å². The second kappa shape index (κ2) is 8.32. The largest absolute Gasteiger partial charge is 0.489 e. The molecular weight excluding hydrogens is 334 g/mol. The van der Waals surface area contributed by atoms with Crippen LogP contribution < -0.4 is 9.80 Å². The Morgan fingerprint density at radius 1 is 1.16 bits per heavy atom. The van der Waals surface area contributed by atoms with E-state index in [1.165, 1.54) is 18.2 Å². The van der Waals surface area contributed by atoms with E-state index in [0.29, 0.717) is 18.2 Å². The molecule has 0 aromatic heterocycles. The summed E-state index contributed by atoms with van der Waals surface area (Å²) in [6.07, 6.45) is 0. The van der Waals surface area contributed by atoms with Crippen LogP contribution in [0.1, 0.15) is 42.0 Å². The van der Waals surface area contributed by atoms with Crippen LogP contribution in [-0.2, 0) is 11.3 Å². The summed E-state index contributed by atoms with van der Waals surface area (Å²) in [5.41, 5.74) is 4.84. The Morgan fingerprint density at radius 2 is 1.88 bits per heavy atom. The summed E-state index contributed by atoms with van der Waals surface area (Å²) in [5, 5.41) is 11.2. The van der Waals surface area contributed by atoms with E-state index in [2.05, 4.69) is 26.8 Å². The van der Waals surface area contributed by atoms with Crippen LogP contribution in [-0.4, -0.2) is 17.5 Å². The number of nitrogens with zero attached hydrogens (tertiary/aromatic N) is 1. The van der Waals surface area contributed by atoms with Crippen molar-refractivity contribution in [3.05, 3.63) is 58.7 Å². The SMILES string of the molecule is COC(=S)N(O)c1ccc(C(C)C)cc1COc1ccc(C)cc1C. The van der Waals surface area contributed by atoms with E-state index in [4.69, 9.17) is 21.7 Å². The molecule has 2 aromatic rings. The number of benzene rings is 2. The third-order valence-electron chi connectivity index (χ3n) is 4.06.